The molecule has 2 fully saturated rings. The lowest BCUT2D eigenvalue weighted by Gasteiger charge is -2.39. The Morgan fingerprint density at radius 2 is 2.17 bits per heavy atom. The summed E-state index contributed by atoms with van der Waals surface area (Å²) < 4.78 is 29.1. The molecule has 0 aromatic heterocycles. The maximum Gasteiger partial charge on any atom is 0.193 e. The highest BCUT2D eigenvalue weighted by atomic mass is 127. The van der Waals surface area contributed by atoms with Gasteiger partial charge in [0.25, 0.3) is 0 Å². The molecule has 2 aliphatic rings. The van der Waals surface area contributed by atoms with Gasteiger partial charge in [-0.3, -0.25) is 4.99 Å². The molecule has 6 nitrogen and oxygen atoms in total. The van der Waals surface area contributed by atoms with Crippen LogP contribution in [0.1, 0.15) is 40.0 Å². The number of hydrogen-bond acceptors (Lipinski definition) is 4. The fraction of sp³-hybridized carbons (Fsp3) is 0.933. The van der Waals surface area contributed by atoms with Crippen LogP contribution in [0.5, 0.6) is 0 Å². The zero-order chi connectivity index (χ0) is 16.2. The quantitative estimate of drug-likeness (QED) is 0.393. The predicted molar refractivity (Wildman–Crippen MR) is 104 cm³/mol. The van der Waals surface area contributed by atoms with Gasteiger partial charge in [0.05, 0.1) is 16.6 Å². The summed E-state index contributed by atoms with van der Waals surface area (Å²) in [6, 6.07) is 0. The second-order valence-electron chi connectivity index (χ2n) is 6.66. The summed E-state index contributed by atoms with van der Waals surface area (Å²) >= 11 is 0. The number of nitrogens with one attached hydrogen (secondary N) is 1. The maximum absolute atomic E-state index is 12.1. The first-order valence-electron chi connectivity index (χ1n) is 8.23. The van der Waals surface area contributed by atoms with Gasteiger partial charge in [0.2, 0.25) is 0 Å². The largest absolute Gasteiger partial charge is 0.378 e. The Labute approximate surface area is 157 Å². The maximum atomic E-state index is 12.1. The monoisotopic (exact) mass is 459 g/mol. The van der Waals surface area contributed by atoms with Gasteiger partial charge in [-0.15, -0.1) is 24.0 Å². The van der Waals surface area contributed by atoms with Crippen molar-refractivity contribution in [3.8, 4) is 0 Å². The third-order valence-corrected chi connectivity index (χ3v) is 6.95. The van der Waals surface area contributed by atoms with Crippen LogP contribution in [0.25, 0.3) is 0 Å². The number of rotatable bonds is 4. The molecular weight excluding hydrogens is 429 g/mol. The molecule has 1 N–H and O–H groups in total. The standard InChI is InChI=1S/C15H29N3O3S.HI/c1-4-16-14(17-8-7-13-6-5-10-21-13)18-9-11-22(19,20)15(2,3)12-18;/h13H,4-12H2,1-3H3,(H,16,17);1H. The van der Waals surface area contributed by atoms with E-state index in [0.717, 1.165) is 44.9 Å². The number of hydrogen-bond donors (Lipinski definition) is 1. The van der Waals surface area contributed by atoms with E-state index in [1.54, 1.807) is 13.8 Å². The van der Waals surface area contributed by atoms with Crippen molar-refractivity contribution < 1.29 is 13.2 Å². The SMILES string of the molecule is CCNC(=NCCC1CCCO1)N1CCS(=O)(=O)C(C)(C)C1.I. The fourth-order valence-electron chi connectivity index (χ4n) is 2.94. The molecule has 1 atom stereocenters. The van der Waals surface area contributed by atoms with Crippen molar-refractivity contribution in [2.45, 2.75) is 50.9 Å². The van der Waals surface area contributed by atoms with Gasteiger partial charge < -0.3 is 15.0 Å². The van der Waals surface area contributed by atoms with Crippen LogP contribution in [-0.4, -0.2) is 68.7 Å². The van der Waals surface area contributed by atoms with Crippen molar-refractivity contribution in [2.75, 3.05) is 38.5 Å². The third-order valence-electron chi connectivity index (χ3n) is 4.41. The molecule has 0 aromatic rings. The van der Waals surface area contributed by atoms with Gasteiger partial charge in [0.1, 0.15) is 0 Å². The van der Waals surface area contributed by atoms with Crippen molar-refractivity contribution >= 4 is 39.8 Å². The first-order chi connectivity index (χ1) is 10.4. The van der Waals surface area contributed by atoms with E-state index in [1.807, 2.05) is 6.92 Å². The number of aliphatic imine (C=N–C) groups is 1. The summed E-state index contributed by atoms with van der Waals surface area (Å²) in [5.74, 6) is 1.01. The van der Waals surface area contributed by atoms with Crippen molar-refractivity contribution in [1.29, 1.82) is 0 Å². The second-order valence-corrected chi connectivity index (χ2v) is 9.40. The molecule has 0 aromatic carbocycles. The summed E-state index contributed by atoms with van der Waals surface area (Å²) in [5, 5.41) is 3.28. The minimum atomic E-state index is -3.02. The molecular formula is C15H30IN3O3S. The molecule has 1 unspecified atom stereocenters. The first kappa shape index (κ1) is 21.0. The minimum absolute atomic E-state index is 0. The molecule has 0 bridgehead atoms. The summed E-state index contributed by atoms with van der Waals surface area (Å²) in [7, 11) is -3.02. The summed E-state index contributed by atoms with van der Waals surface area (Å²) in [6.45, 7) is 8.99. The molecule has 0 amide bonds. The molecule has 0 saturated carbocycles. The zero-order valence-corrected chi connectivity index (χ0v) is 17.5. The smallest absolute Gasteiger partial charge is 0.193 e. The lowest BCUT2D eigenvalue weighted by Crippen LogP contribution is -2.57. The van der Waals surface area contributed by atoms with Crippen LogP contribution in [0.3, 0.4) is 0 Å². The van der Waals surface area contributed by atoms with Gasteiger partial charge in [0, 0.05) is 32.8 Å². The highest BCUT2D eigenvalue weighted by molar-refractivity contribution is 14.0. The molecule has 0 aliphatic carbocycles. The number of guanidine groups is 1. The summed E-state index contributed by atoms with van der Waals surface area (Å²) in [6.07, 6.45) is 3.54. The van der Waals surface area contributed by atoms with E-state index in [1.165, 1.54) is 0 Å². The first-order valence-corrected chi connectivity index (χ1v) is 9.88. The lowest BCUT2D eigenvalue weighted by molar-refractivity contribution is 0.106. The second kappa shape index (κ2) is 8.84. The van der Waals surface area contributed by atoms with Crippen molar-refractivity contribution in [3.05, 3.63) is 0 Å². The van der Waals surface area contributed by atoms with Crippen LogP contribution in [0, 0.1) is 0 Å². The van der Waals surface area contributed by atoms with E-state index in [0.29, 0.717) is 19.2 Å². The van der Waals surface area contributed by atoms with Crippen LogP contribution in [0.2, 0.25) is 0 Å². The van der Waals surface area contributed by atoms with Crippen LogP contribution in [0.15, 0.2) is 4.99 Å². The zero-order valence-electron chi connectivity index (χ0n) is 14.4. The van der Waals surface area contributed by atoms with Gasteiger partial charge in [-0.05, 0) is 40.0 Å². The van der Waals surface area contributed by atoms with Gasteiger partial charge in [-0.2, -0.15) is 0 Å². The van der Waals surface area contributed by atoms with E-state index in [-0.39, 0.29) is 29.7 Å². The van der Waals surface area contributed by atoms with Crippen LogP contribution in [-0.2, 0) is 14.6 Å². The van der Waals surface area contributed by atoms with E-state index in [9.17, 15) is 8.42 Å². The molecule has 0 spiro atoms. The van der Waals surface area contributed by atoms with Crippen molar-refractivity contribution in [3.63, 3.8) is 0 Å². The Balaban J connectivity index is 0.00000264. The lowest BCUT2D eigenvalue weighted by atomic mass is 10.2. The fourth-order valence-corrected chi connectivity index (χ4v) is 4.30. The molecule has 0 radical (unpaired) electrons. The Morgan fingerprint density at radius 3 is 2.74 bits per heavy atom. The van der Waals surface area contributed by atoms with Gasteiger partial charge in [0.15, 0.2) is 15.8 Å². The molecule has 8 heteroatoms. The highest BCUT2D eigenvalue weighted by Gasteiger charge is 2.40. The van der Waals surface area contributed by atoms with E-state index >= 15 is 0 Å². The van der Waals surface area contributed by atoms with Crippen molar-refractivity contribution in [1.82, 2.24) is 10.2 Å². The molecule has 136 valence electrons. The highest BCUT2D eigenvalue weighted by Crippen LogP contribution is 2.23. The van der Waals surface area contributed by atoms with Crippen LogP contribution >= 0.6 is 24.0 Å². The molecule has 2 aliphatic heterocycles. The Kier molecular flexibility index (Phi) is 8.06. The normalized spacial score (nSPS) is 26.7. The van der Waals surface area contributed by atoms with Crippen LogP contribution < -0.4 is 5.32 Å². The number of halogens is 1. The Morgan fingerprint density at radius 1 is 1.43 bits per heavy atom. The topological polar surface area (TPSA) is 71.0 Å². The van der Waals surface area contributed by atoms with Gasteiger partial charge in [-0.1, -0.05) is 0 Å². The average Bonchev–Trinajstić information content (AvgIpc) is 2.94. The van der Waals surface area contributed by atoms with Gasteiger partial charge >= 0.3 is 0 Å². The summed E-state index contributed by atoms with van der Waals surface area (Å²) in [4.78, 5) is 6.74. The molecule has 2 rings (SSSR count). The van der Waals surface area contributed by atoms with E-state index < -0.39 is 14.6 Å². The number of ether oxygens (including phenoxy) is 1. The summed E-state index contributed by atoms with van der Waals surface area (Å²) in [5.41, 5.74) is 0. The third kappa shape index (κ3) is 5.45. The number of nitrogens with zero attached hydrogens (tertiary/aromatic N) is 2. The van der Waals surface area contributed by atoms with Gasteiger partial charge in [-0.25, -0.2) is 8.42 Å². The number of sulfone groups is 1. The van der Waals surface area contributed by atoms with Crippen LogP contribution in [0.4, 0.5) is 0 Å². The van der Waals surface area contributed by atoms with E-state index in [4.69, 9.17) is 4.74 Å². The molecule has 2 heterocycles. The Bertz CT molecular complexity index is 502. The predicted octanol–water partition coefficient (Wildman–Crippen LogP) is 1.65. The van der Waals surface area contributed by atoms with Crippen molar-refractivity contribution in [2.24, 2.45) is 4.99 Å². The molecule has 2 saturated heterocycles. The average molecular weight is 459 g/mol. The minimum Gasteiger partial charge on any atom is -0.378 e. The molecule has 23 heavy (non-hydrogen) atoms. The van der Waals surface area contributed by atoms with E-state index in [2.05, 4.69) is 15.2 Å². The Hall–Kier alpha value is -0.0900.